The van der Waals surface area contributed by atoms with Gasteiger partial charge in [0.1, 0.15) is 11.8 Å². The number of benzene rings is 2. The second-order valence-electron chi connectivity index (χ2n) is 10.6. The molecule has 2 bridgehead atoms. The summed E-state index contributed by atoms with van der Waals surface area (Å²) in [5, 5.41) is 11.8. The van der Waals surface area contributed by atoms with Crippen LogP contribution in [0.3, 0.4) is 0 Å². The highest BCUT2D eigenvalue weighted by Gasteiger charge is 2.69. The van der Waals surface area contributed by atoms with Crippen LogP contribution < -0.4 is 11.2 Å². The lowest BCUT2D eigenvalue weighted by Crippen LogP contribution is -2.66. The predicted molar refractivity (Wildman–Crippen MR) is 138 cm³/mol. The third-order valence-electron chi connectivity index (χ3n) is 7.88. The van der Waals surface area contributed by atoms with Gasteiger partial charge in [0.25, 0.3) is 5.56 Å². The van der Waals surface area contributed by atoms with Crippen LogP contribution in [-0.4, -0.2) is 38.6 Å². The molecule has 6 atom stereocenters. The van der Waals surface area contributed by atoms with Gasteiger partial charge in [-0.3, -0.25) is 14.3 Å². The largest absolute Gasteiger partial charge is 0.387 e. The summed E-state index contributed by atoms with van der Waals surface area (Å²) in [6.45, 7) is 6.19. The number of rotatable bonds is 8. The lowest BCUT2D eigenvalue weighted by atomic mass is 9.64. The van der Waals surface area contributed by atoms with E-state index in [1.54, 1.807) is 13.8 Å². The van der Waals surface area contributed by atoms with Crippen LogP contribution in [0.5, 0.6) is 0 Å². The second kappa shape index (κ2) is 10.0. The third kappa shape index (κ3) is 4.70. The maximum absolute atomic E-state index is 12.9. The van der Waals surface area contributed by atoms with E-state index < -0.39 is 34.8 Å². The fourth-order valence-electron chi connectivity index (χ4n) is 5.96. The van der Waals surface area contributed by atoms with E-state index in [-0.39, 0.29) is 18.4 Å². The Balaban J connectivity index is 1.53. The number of aryl methyl sites for hydroxylation is 1. The molecule has 1 aromatic heterocycles. The molecule has 2 aliphatic rings. The fraction of sp³-hybridized carbons (Fsp3) is 0.448. The molecule has 8 heteroatoms. The van der Waals surface area contributed by atoms with Gasteiger partial charge in [0.05, 0.1) is 31.5 Å². The highest BCUT2D eigenvalue weighted by Crippen LogP contribution is 2.57. The van der Waals surface area contributed by atoms with Gasteiger partial charge in [-0.15, -0.1) is 0 Å². The van der Waals surface area contributed by atoms with Crippen LogP contribution in [0.2, 0.25) is 0 Å². The quantitative estimate of drug-likeness (QED) is 0.486. The van der Waals surface area contributed by atoms with E-state index in [1.807, 2.05) is 67.6 Å². The third-order valence-corrected chi connectivity index (χ3v) is 7.88. The minimum absolute atomic E-state index is 0.0374. The van der Waals surface area contributed by atoms with Crippen molar-refractivity contribution < 1.29 is 19.3 Å². The molecule has 3 aromatic rings. The Kier molecular flexibility index (Phi) is 6.93. The normalized spacial score (nSPS) is 30.9. The molecule has 1 saturated heterocycles. The number of hydrogen-bond acceptors (Lipinski definition) is 6. The van der Waals surface area contributed by atoms with Crippen molar-refractivity contribution in [1.29, 1.82) is 0 Å². The van der Waals surface area contributed by atoms with E-state index in [2.05, 4.69) is 4.98 Å². The Morgan fingerprint density at radius 1 is 1.05 bits per heavy atom. The highest BCUT2D eigenvalue weighted by molar-refractivity contribution is 5.19. The molecule has 2 aromatic carbocycles. The van der Waals surface area contributed by atoms with Gasteiger partial charge in [-0.05, 0) is 37.3 Å². The second-order valence-corrected chi connectivity index (χ2v) is 10.6. The zero-order valence-corrected chi connectivity index (χ0v) is 21.4. The predicted octanol–water partition coefficient (Wildman–Crippen LogP) is 3.32. The highest BCUT2D eigenvalue weighted by atomic mass is 16.6. The maximum atomic E-state index is 12.9. The molecule has 2 fully saturated rings. The van der Waals surface area contributed by atoms with Crippen LogP contribution >= 0.6 is 0 Å². The lowest BCUT2D eigenvalue weighted by molar-refractivity contribution is -0.250. The molecule has 0 spiro atoms. The fourth-order valence-corrected chi connectivity index (χ4v) is 5.96. The number of H-pyrrole nitrogens is 1. The zero-order chi connectivity index (χ0) is 26.2. The average molecular weight is 507 g/mol. The number of ether oxygens (including phenoxy) is 3. The number of nitrogens with zero attached hydrogens (tertiary/aromatic N) is 1. The Bertz CT molecular complexity index is 1340. The Morgan fingerprint density at radius 3 is 2.32 bits per heavy atom. The average Bonchev–Trinajstić information content (AvgIpc) is 3.17. The summed E-state index contributed by atoms with van der Waals surface area (Å²) in [5.41, 5.74) is -1.11. The van der Waals surface area contributed by atoms with Gasteiger partial charge >= 0.3 is 5.69 Å². The van der Waals surface area contributed by atoms with Crippen molar-refractivity contribution in [1.82, 2.24) is 9.55 Å². The van der Waals surface area contributed by atoms with Gasteiger partial charge in [0.2, 0.25) is 0 Å². The first kappa shape index (κ1) is 25.6. The summed E-state index contributed by atoms with van der Waals surface area (Å²) < 4.78 is 20.9. The molecular formula is C29H34N2O6. The van der Waals surface area contributed by atoms with Crippen molar-refractivity contribution in [2.24, 2.45) is 11.8 Å². The van der Waals surface area contributed by atoms with Crippen LogP contribution in [0.25, 0.3) is 0 Å². The minimum atomic E-state index is -1.30. The Labute approximate surface area is 215 Å². The summed E-state index contributed by atoms with van der Waals surface area (Å²) in [6, 6.07) is 19.6. The van der Waals surface area contributed by atoms with Gasteiger partial charge < -0.3 is 19.3 Å². The standard InChI is InChI=1S/C29H34N2O6/c1-19-14-28(3,34)29(18-35-16-21-10-6-4-7-11-21)24(36-17-22-12-8-5-9-13-22)23(19)26(37-29)31-15-20(2)25(32)30-27(31)33/h4-13,15,19,23-24,26,34H,14,16-18H2,1-3H3,(H,30,32,33)/t19-,23-,24+,26-,28-,29-/m1/s1. The van der Waals surface area contributed by atoms with Crippen molar-refractivity contribution in [3.63, 3.8) is 0 Å². The SMILES string of the molecule is Cc1cn([C@@H]2O[C@]3(COCc4ccccc4)[C@@H](OCc4ccccc4)[C@H]2[C@H](C)C[C@@]3(C)O)c(=O)[nH]c1=O. The summed E-state index contributed by atoms with van der Waals surface area (Å²) in [7, 11) is 0. The molecule has 1 aliphatic carbocycles. The molecule has 0 unspecified atom stereocenters. The van der Waals surface area contributed by atoms with Crippen molar-refractivity contribution in [2.75, 3.05) is 6.61 Å². The van der Waals surface area contributed by atoms with Gasteiger partial charge in [-0.2, -0.15) is 0 Å². The molecule has 1 aliphatic heterocycles. The molecule has 2 heterocycles. The van der Waals surface area contributed by atoms with Crippen LogP contribution in [0, 0.1) is 18.8 Å². The molecule has 5 rings (SSSR count). The molecular weight excluding hydrogens is 472 g/mol. The van der Waals surface area contributed by atoms with Crippen LogP contribution in [-0.2, 0) is 27.4 Å². The Morgan fingerprint density at radius 2 is 1.68 bits per heavy atom. The van der Waals surface area contributed by atoms with Crippen LogP contribution in [0.15, 0.2) is 76.4 Å². The molecule has 2 N–H and O–H groups in total. The molecule has 8 nitrogen and oxygen atoms in total. The first-order valence-electron chi connectivity index (χ1n) is 12.7. The zero-order valence-electron chi connectivity index (χ0n) is 21.4. The van der Waals surface area contributed by atoms with E-state index >= 15 is 0 Å². The summed E-state index contributed by atoms with van der Waals surface area (Å²) in [4.78, 5) is 27.4. The van der Waals surface area contributed by atoms with E-state index in [4.69, 9.17) is 14.2 Å². The van der Waals surface area contributed by atoms with E-state index in [9.17, 15) is 14.7 Å². The smallest absolute Gasteiger partial charge is 0.330 e. The summed E-state index contributed by atoms with van der Waals surface area (Å²) >= 11 is 0. The van der Waals surface area contributed by atoms with Crippen LogP contribution in [0.1, 0.15) is 43.2 Å². The first-order valence-corrected chi connectivity index (χ1v) is 12.7. The number of aromatic nitrogens is 2. The van der Waals surface area contributed by atoms with Crippen molar-refractivity contribution in [3.8, 4) is 0 Å². The Hall–Kier alpha value is -3.04. The van der Waals surface area contributed by atoms with E-state index in [1.165, 1.54) is 10.8 Å². The number of hydrogen-bond donors (Lipinski definition) is 2. The van der Waals surface area contributed by atoms with Gasteiger partial charge in [0.15, 0.2) is 0 Å². The summed E-state index contributed by atoms with van der Waals surface area (Å²) in [6.07, 6.45) is 0.672. The molecule has 196 valence electrons. The molecule has 1 saturated carbocycles. The van der Waals surface area contributed by atoms with E-state index in [0.29, 0.717) is 25.2 Å². The monoisotopic (exact) mass is 506 g/mol. The lowest BCUT2D eigenvalue weighted by Gasteiger charge is -2.50. The van der Waals surface area contributed by atoms with Gasteiger partial charge in [-0.25, -0.2) is 4.79 Å². The maximum Gasteiger partial charge on any atom is 0.330 e. The van der Waals surface area contributed by atoms with Crippen LogP contribution in [0.4, 0.5) is 0 Å². The first-order chi connectivity index (χ1) is 17.7. The topological polar surface area (TPSA) is 103 Å². The van der Waals surface area contributed by atoms with E-state index in [0.717, 1.165) is 11.1 Å². The molecule has 0 radical (unpaired) electrons. The molecule has 0 amide bonds. The van der Waals surface area contributed by atoms with Crippen molar-refractivity contribution in [2.45, 2.75) is 63.9 Å². The van der Waals surface area contributed by atoms with Gasteiger partial charge in [-0.1, -0.05) is 67.6 Å². The van der Waals surface area contributed by atoms with Gasteiger partial charge in [0, 0.05) is 17.7 Å². The molecule has 37 heavy (non-hydrogen) atoms. The van der Waals surface area contributed by atoms with Crippen molar-refractivity contribution >= 4 is 0 Å². The number of fused-ring (bicyclic) bond motifs is 2. The minimum Gasteiger partial charge on any atom is -0.387 e. The number of nitrogens with one attached hydrogen (secondary N) is 1. The summed E-state index contributed by atoms with van der Waals surface area (Å²) in [5.74, 6) is -0.295. The van der Waals surface area contributed by atoms with Crippen molar-refractivity contribution in [3.05, 3.63) is 104 Å². The number of aliphatic hydroxyl groups is 1. The number of aromatic amines is 1.